The molecule has 7 nitrogen and oxygen atoms in total. The number of pyridine rings is 1. The summed E-state index contributed by atoms with van der Waals surface area (Å²) < 4.78 is 69.5. The van der Waals surface area contributed by atoms with E-state index in [4.69, 9.17) is 0 Å². The van der Waals surface area contributed by atoms with E-state index in [-0.39, 0.29) is 0 Å². The van der Waals surface area contributed by atoms with E-state index in [0.717, 1.165) is 7.11 Å². The topological polar surface area (TPSA) is 91.6 Å². The molecule has 0 N–H and O–H groups in total. The molecule has 0 aliphatic heterocycles. The summed E-state index contributed by atoms with van der Waals surface area (Å²) in [5.74, 6) is -2.66. The Morgan fingerprint density at radius 3 is 2.45 bits per heavy atom. The third-order valence-electron chi connectivity index (χ3n) is 2.26. The number of esters is 1. The summed E-state index contributed by atoms with van der Waals surface area (Å²) in [7, 11) is 0.938. The van der Waals surface area contributed by atoms with Crippen LogP contribution in [-0.2, 0) is 16.0 Å². The first-order valence-corrected chi connectivity index (χ1v) is 5.34. The first kappa shape index (κ1) is 17.5. The highest BCUT2D eigenvalue weighted by Gasteiger charge is 2.37. The van der Waals surface area contributed by atoms with Gasteiger partial charge in [0.25, 0.3) is 6.43 Å². The number of hydrogen-bond acceptors (Lipinski definition) is 6. The van der Waals surface area contributed by atoms with Crippen molar-refractivity contribution in [1.29, 1.82) is 0 Å². The fraction of sp³-hybridized carbons (Fsp3) is 0.400. The maximum absolute atomic E-state index is 12.8. The first-order chi connectivity index (χ1) is 10.0. The minimum Gasteiger partial charge on any atom is -0.469 e. The van der Waals surface area contributed by atoms with Gasteiger partial charge in [-0.1, -0.05) is 0 Å². The lowest BCUT2D eigenvalue weighted by atomic mass is 10.1. The highest BCUT2D eigenvalue weighted by atomic mass is 19.4. The molecule has 1 aromatic rings. The van der Waals surface area contributed by atoms with Crippen molar-refractivity contribution in [2.24, 2.45) is 0 Å². The molecule has 0 radical (unpaired) electrons. The molecular weight excluding hydrogens is 323 g/mol. The van der Waals surface area contributed by atoms with Gasteiger partial charge in [-0.3, -0.25) is 14.9 Å². The van der Waals surface area contributed by atoms with E-state index < -0.39 is 52.9 Å². The Labute approximate surface area is 118 Å². The standard InChI is InChI=1S/C10H7F5N2O5/c1-21-6(18)3-4-2-5(17(19)20)9(22-10(13,14)15)16-7(4)8(11)12/h2,8H,3H2,1H3. The Bertz CT molecular complexity index is 590. The van der Waals surface area contributed by atoms with Crippen molar-refractivity contribution in [1.82, 2.24) is 4.98 Å². The van der Waals surface area contributed by atoms with Crippen molar-refractivity contribution in [3.63, 3.8) is 0 Å². The third kappa shape index (κ3) is 4.49. The number of ether oxygens (including phenoxy) is 2. The van der Waals surface area contributed by atoms with Crippen molar-refractivity contribution in [3.05, 3.63) is 27.4 Å². The molecule has 0 bridgehead atoms. The monoisotopic (exact) mass is 330 g/mol. The minimum atomic E-state index is -5.36. The van der Waals surface area contributed by atoms with Gasteiger partial charge in [-0.2, -0.15) is 0 Å². The van der Waals surface area contributed by atoms with Gasteiger partial charge in [0.2, 0.25) is 0 Å². The Hall–Kier alpha value is -2.53. The zero-order chi connectivity index (χ0) is 17.1. The van der Waals surface area contributed by atoms with Crippen molar-refractivity contribution in [2.45, 2.75) is 19.2 Å². The second-order valence-electron chi connectivity index (χ2n) is 3.72. The second kappa shape index (κ2) is 6.49. The van der Waals surface area contributed by atoms with Crippen molar-refractivity contribution in [2.75, 3.05) is 7.11 Å². The second-order valence-corrected chi connectivity index (χ2v) is 3.72. The summed E-state index contributed by atoms with van der Waals surface area (Å²) >= 11 is 0. The molecule has 1 aromatic heterocycles. The zero-order valence-electron chi connectivity index (χ0n) is 10.7. The molecule has 0 amide bonds. The van der Waals surface area contributed by atoms with Gasteiger partial charge in [-0.25, -0.2) is 13.8 Å². The van der Waals surface area contributed by atoms with Crippen LogP contribution in [0.2, 0.25) is 0 Å². The van der Waals surface area contributed by atoms with Crippen LogP contribution in [-0.4, -0.2) is 29.3 Å². The lowest BCUT2D eigenvalue weighted by Gasteiger charge is -2.12. The van der Waals surface area contributed by atoms with Crippen LogP contribution in [0.5, 0.6) is 5.88 Å². The summed E-state index contributed by atoms with van der Waals surface area (Å²) in [6, 6.07) is 0.368. The van der Waals surface area contributed by atoms with Crippen LogP contribution in [0.25, 0.3) is 0 Å². The molecule has 0 saturated heterocycles. The van der Waals surface area contributed by atoms with Crippen molar-refractivity contribution >= 4 is 11.7 Å². The number of aromatic nitrogens is 1. The van der Waals surface area contributed by atoms with Gasteiger partial charge >= 0.3 is 23.9 Å². The molecule has 0 aliphatic carbocycles. The molecule has 1 rings (SSSR count). The molecule has 0 spiro atoms. The maximum atomic E-state index is 12.8. The predicted octanol–water partition coefficient (Wildman–Crippen LogP) is 2.54. The number of hydrogen-bond donors (Lipinski definition) is 0. The largest absolute Gasteiger partial charge is 0.574 e. The molecule has 0 unspecified atom stereocenters. The van der Waals surface area contributed by atoms with E-state index in [2.05, 4.69) is 14.5 Å². The van der Waals surface area contributed by atoms with Crippen LogP contribution in [0, 0.1) is 10.1 Å². The van der Waals surface area contributed by atoms with Crippen LogP contribution in [0.15, 0.2) is 6.07 Å². The van der Waals surface area contributed by atoms with Gasteiger partial charge < -0.3 is 9.47 Å². The van der Waals surface area contributed by atoms with Gasteiger partial charge in [0.1, 0.15) is 5.69 Å². The number of rotatable bonds is 5. The van der Waals surface area contributed by atoms with E-state index in [1.807, 2.05) is 0 Å². The first-order valence-electron chi connectivity index (χ1n) is 5.34. The Kier molecular flexibility index (Phi) is 5.17. The molecule has 122 valence electrons. The average molecular weight is 330 g/mol. The Morgan fingerprint density at radius 1 is 1.45 bits per heavy atom. The quantitative estimate of drug-likeness (QED) is 0.357. The fourth-order valence-electron chi connectivity index (χ4n) is 1.41. The maximum Gasteiger partial charge on any atom is 0.574 e. The summed E-state index contributed by atoms with van der Waals surface area (Å²) in [6.45, 7) is 0. The predicted molar refractivity (Wildman–Crippen MR) is 58.3 cm³/mol. The molecule has 0 aromatic carbocycles. The van der Waals surface area contributed by atoms with E-state index in [1.165, 1.54) is 0 Å². The Morgan fingerprint density at radius 2 is 2.05 bits per heavy atom. The van der Waals surface area contributed by atoms with E-state index in [1.54, 1.807) is 0 Å². The van der Waals surface area contributed by atoms with Crippen molar-refractivity contribution < 1.29 is 41.1 Å². The molecular formula is C10H7F5N2O5. The molecule has 0 fully saturated rings. The van der Waals surface area contributed by atoms with Crippen LogP contribution >= 0.6 is 0 Å². The van der Waals surface area contributed by atoms with E-state index in [9.17, 15) is 36.9 Å². The summed E-state index contributed by atoms with van der Waals surface area (Å²) in [4.78, 5) is 23.3. The molecule has 22 heavy (non-hydrogen) atoms. The fourth-order valence-corrected chi connectivity index (χ4v) is 1.41. The average Bonchev–Trinajstić information content (AvgIpc) is 2.37. The lowest BCUT2D eigenvalue weighted by Crippen LogP contribution is -2.20. The molecule has 0 saturated carbocycles. The lowest BCUT2D eigenvalue weighted by molar-refractivity contribution is -0.389. The van der Waals surface area contributed by atoms with Gasteiger partial charge in [0.15, 0.2) is 0 Å². The van der Waals surface area contributed by atoms with Gasteiger partial charge in [-0.15, -0.1) is 13.2 Å². The smallest absolute Gasteiger partial charge is 0.469 e. The molecule has 1 heterocycles. The van der Waals surface area contributed by atoms with Crippen LogP contribution in [0.4, 0.5) is 27.6 Å². The van der Waals surface area contributed by atoms with Gasteiger partial charge in [0.05, 0.1) is 18.5 Å². The highest BCUT2D eigenvalue weighted by Crippen LogP contribution is 2.34. The molecule has 0 aliphatic rings. The highest BCUT2D eigenvalue weighted by molar-refractivity contribution is 5.73. The Balaban J connectivity index is 3.43. The number of alkyl halides is 5. The summed E-state index contributed by atoms with van der Waals surface area (Å²) in [5.41, 5.74) is -3.18. The summed E-state index contributed by atoms with van der Waals surface area (Å²) in [6.07, 6.45) is -9.56. The number of halogens is 5. The van der Waals surface area contributed by atoms with E-state index in [0.29, 0.717) is 6.07 Å². The SMILES string of the molecule is COC(=O)Cc1cc([N+](=O)[O-])c(OC(F)(F)F)nc1C(F)F. The van der Waals surface area contributed by atoms with Crippen molar-refractivity contribution in [3.8, 4) is 5.88 Å². The molecule has 0 atom stereocenters. The number of nitro groups is 1. The minimum absolute atomic E-state index is 0.368. The summed E-state index contributed by atoms with van der Waals surface area (Å²) in [5, 5.41) is 10.7. The van der Waals surface area contributed by atoms with Crippen LogP contribution < -0.4 is 4.74 Å². The zero-order valence-corrected chi connectivity index (χ0v) is 10.7. The van der Waals surface area contributed by atoms with Crippen LogP contribution in [0.1, 0.15) is 17.7 Å². The third-order valence-corrected chi connectivity index (χ3v) is 2.26. The number of nitrogens with zero attached hydrogens (tertiary/aromatic N) is 2. The normalized spacial score (nSPS) is 11.4. The number of methoxy groups -OCH3 is 1. The van der Waals surface area contributed by atoms with Gasteiger partial charge in [0, 0.05) is 6.07 Å². The van der Waals surface area contributed by atoms with Crippen LogP contribution in [0.3, 0.4) is 0 Å². The molecule has 12 heteroatoms. The van der Waals surface area contributed by atoms with Gasteiger partial charge in [-0.05, 0) is 5.56 Å². The number of carbonyl (C=O) groups excluding carboxylic acids is 1. The van der Waals surface area contributed by atoms with E-state index >= 15 is 0 Å². The number of carbonyl (C=O) groups is 1.